The molecule has 0 radical (unpaired) electrons. The number of hydrogen-bond donors (Lipinski definition) is 1. The maximum atomic E-state index is 12.1. The highest BCUT2D eigenvalue weighted by Crippen LogP contribution is 2.23. The van der Waals surface area contributed by atoms with Gasteiger partial charge in [0.1, 0.15) is 11.6 Å². The molecular weight excluding hydrogens is 268 g/mol. The van der Waals surface area contributed by atoms with Gasteiger partial charge in [-0.05, 0) is 26.5 Å². The Morgan fingerprint density at radius 3 is 2.43 bits per heavy atom. The van der Waals surface area contributed by atoms with Crippen LogP contribution in [0.1, 0.15) is 23.6 Å². The van der Waals surface area contributed by atoms with Crippen molar-refractivity contribution in [1.29, 1.82) is 5.26 Å². The van der Waals surface area contributed by atoms with Crippen LogP contribution in [0.4, 0.5) is 0 Å². The summed E-state index contributed by atoms with van der Waals surface area (Å²) in [7, 11) is 2.09. The van der Waals surface area contributed by atoms with Crippen molar-refractivity contribution in [2.24, 2.45) is 0 Å². The summed E-state index contributed by atoms with van der Waals surface area (Å²) in [5, 5.41) is 19.6. The fraction of sp³-hybridized carbons (Fsp3) is 0.600. The van der Waals surface area contributed by atoms with Crippen molar-refractivity contribution >= 4 is 0 Å². The first kappa shape index (κ1) is 15.5. The van der Waals surface area contributed by atoms with Crippen LogP contribution in [0.5, 0.6) is 5.88 Å². The number of pyridine rings is 1. The molecule has 0 amide bonds. The summed E-state index contributed by atoms with van der Waals surface area (Å²) in [6, 6.07) is 1.98. The largest absolute Gasteiger partial charge is 0.494 e. The molecule has 1 aliphatic rings. The Labute approximate surface area is 124 Å². The lowest BCUT2D eigenvalue weighted by molar-refractivity contribution is 0.146. The third kappa shape index (κ3) is 2.94. The SMILES string of the molecule is CCn1c(O)c(CN2CCN(C)CC2)c(C)c(C#N)c1=O. The molecule has 0 saturated carbocycles. The van der Waals surface area contributed by atoms with Crippen molar-refractivity contribution in [2.45, 2.75) is 26.9 Å². The number of nitrogens with zero attached hydrogens (tertiary/aromatic N) is 4. The summed E-state index contributed by atoms with van der Waals surface area (Å²) >= 11 is 0. The second-order valence-corrected chi connectivity index (χ2v) is 5.54. The van der Waals surface area contributed by atoms with Gasteiger partial charge in [0.2, 0.25) is 0 Å². The van der Waals surface area contributed by atoms with Crippen LogP contribution in [-0.4, -0.2) is 52.7 Å². The molecule has 114 valence electrons. The lowest BCUT2D eigenvalue weighted by Gasteiger charge is -2.33. The quantitative estimate of drug-likeness (QED) is 0.877. The normalized spacial score (nSPS) is 16.9. The zero-order chi connectivity index (χ0) is 15.6. The highest BCUT2D eigenvalue weighted by molar-refractivity contribution is 5.45. The van der Waals surface area contributed by atoms with Crippen LogP contribution in [0, 0.1) is 18.3 Å². The van der Waals surface area contributed by atoms with Gasteiger partial charge in [-0.1, -0.05) is 0 Å². The Morgan fingerprint density at radius 1 is 1.29 bits per heavy atom. The summed E-state index contributed by atoms with van der Waals surface area (Å²) in [6.07, 6.45) is 0. The molecule has 6 nitrogen and oxygen atoms in total. The summed E-state index contributed by atoms with van der Waals surface area (Å²) in [5.74, 6) is -0.00192. The zero-order valence-electron chi connectivity index (χ0n) is 12.9. The first-order valence-electron chi connectivity index (χ1n) is 7.25. The van der Waals surface area contributed by atoms with E-state index in [1.807, 2.05) is 6.07 Å². The molecule has 2 heterocycles. The topological polar surface area (TPSA) is 72.5 Å². The van der Waals surface area contributed by atoms with Crippen LogP contribution in [0.2, 0.25) is 0 Å². The molecular formula is C15H22N4O2. The third-order valence-corrected chi connectivity index (χ3v) is 4.22. The molecule has 0 aliphatic carbocycles. The van der Waals surface area contributed by atoms with E-state index in [4.69, 9.17) is 0 Å². The van der Waals surface area contributed by atoms with E-state index >= 15 is 0 Å². The van der Waals surface area contributed by atoms with Crippen LogP contribution in [-0.2, 0) is 13.1 Å². The molecule has 0 bridgehead atoms. The number of piperazine rings is 1. The first-order chi connectivity index (χ1) is 9.99. The summed E-state index contributed by atoms with van der Waals surface area (Å²) in [6.45, 7) is 8.26. The minimum Gasteiger partial charge on any atom is -0.494 e. The van der Waals surface area contributed by atoms with E-state index in [1.165, 1.54) is 4.57 Å². The molecule has 0 aromatic carbocycles. The minimum atomic E-state index is -0.405. The maximum Gasteiger partial charge on any atom is 0.271 e. The number of hydrogen-bond acceptors (Lipinski definition) is 5. The van der Waals surface area contributed by atoms with Gasteiger partial charge in [-0.3, -0.25) is 14.3 Å². The zero-order valence-corrected chi connectivity index (χ0v) is 12.9. The van der Waals surface area contributed by atoms with E-state index < -0.39 is 5.56 Å². The van der Waals surface area contributed by atoms with Crippen molar-refractivity contribution < 1.29 is 5.11 Å². The van der Waals surface area contributed by atoms with E-state index in [0.29, 0.717) is 24.2 Å². The molecule has 21 heavy (non-hydrogen) atoms. The molecule has 0 unspecified atom stereocenters. The fourth-order valence-corrected chi connectivity index (χ4v) is 2.72. The summed E-state index contributed by atoms with van der Waals surface area (Å²) in [5.41, 5.74) is 1.03. The van der Waals surface area contributed by atoms with E-state index in [-0.39, 0.29) is 11.4 Å². The second kappa shape index (κ2) is 6.29. The van der Waals surface area contributed by atoms with Gasteiger partial charge in [0.25, 0.3) is 5.56 Å². The number of rotatable bonds is 3. The predicted molar refractivity (Wildman–Crippen MR) is 80.3 cm³/mol. The maximum absolute atomic E-state index is 12.1. The van der Waals surface area contributed by atoms with Gasteiger partial charge < -0.3 is 10.0 Å². The van der Waals surface area contributed by atoms with Gasteiger partial charge in [0.15, 0.2) is 5.88 Å². The number of aromatic hydroxyl groups is 1. The number of aromatic nitrogens is 1. The molecule has 1 fully saturated rings. The van der Waals surface area contributed by atoms with Crippen molar-refractivity contribution in [1.82, 2.24) is 14.4 Å². The lowest BCUT2D eigenvalue weighted by Crippen LogP contribution is -2.44. The lowest BCUT2D eigenvalue weighted by atomic mass is 10.0. The molecule has 1 aliphatic heterocycles. The van der Waals surface area contributed by atoms with Gasteiger partial charge in [-0.25, -0.2) is 0 Å². The van der Waals surface area contributed by atoms with Crippen LogP contribution in [0.25, 0.3) is 0 Å². The average molecular weight is 290 g/mol. The molecule has 2 rings (SSSR count). The van der Waals surface area contributed by atoms with Gasteiger partial charge in [0.05, 0.1) is 0 Å². The Balaban J connectivity index is 2.39. The molecule has 6 heteroatoms. The van der Waals surface area contributed by atoms with Gasteiger partial charge in [-0.15, -0.1) is 0 Å². The monoisotopic (exact) mass is 290 g/mol. The summed E-state index contributed by atoms with van der Waals surface area (Å²) < 4.78 is 1.27. The molecule has 0 spiro atoms. The molecule has 0 atom stereocenters. The van der Waals surface area contributed by atoms with Crippen molar-refractivity contribution in [3.63, 3.8) is 0 Å². The van der Waals surface area contributed by atoms with Crippen LogP contribution < -0.4 is 5.56 Å². The van der Waals surface area contributed by atoms with Crippen LogP contribution >= 0.6 is 0 Å². The Kier molecular flexibility index (Phi) is 4.66. The fourth-order valence-electron chi connectivity index (χ4n) is 2.72. The molecule has 1 aromatic rings. The molecule has 1 saturated heterocycles. The third-order valence-electron chi connectivity index (χ3n) is 4.22. The highest BCUT2D eigenvalue weighted by atomic mass is 16.3. The smallest absolute Gasteiger partial charge is 0.271 e. The Morgan fingerprint density at radius 2 is 1.90 bits per heavy atom. The number of nitriles is 1. The first-order valence-corrected chi connectivity index (χ1v) is 7.25. The summed E-state index contributed by atoms with van der Waals surface area (Å²) in [4.78, 5) is 16.6. The van der Waals surface area contributed by atoms with Gasteiger partial charge in [-0.2, -0.15) is 5.26 Å². The average Bonchev–Trinajstić information content (AvgIpc) is 2.46. The van der Waals surface area contributed by atoms with Gasteiger partial charge >= 0.3 is 0 Å². The van der Waals surface area contributed by atoms with Crippen molar-refractivity contribution in [2.75, 3.05) is 33.2 Å². The van der Waals surface area contributed by atoms with E-state index in [0.717, 1.165) is 26.2 Å². The highest BCUT2D eigenvalue weighted by Gasteiger charge is 2.21. The van der Waals surface area contributed by atoms with Crippen LogP contribution in [0.15, 0.2) is 4.79 Å². The van der Waals surface area contributed by atoms with Crippen molar-refractivity contribution in [3.8, 4) is 11.9 Å². The number of likely N-dealkylation sites (N-methyl/N-ethyl adjacent to an activating group) is 1. The molecule has 1 N–H and O–H groups in total. The second-order valence-electron chi connectivity index (χ2n) is 5.54. The van der Waals surface area contributed by atoms with E-state index in [9.17, 15) is 15.2 Å². The van der Waals surface area contributed by atoms with E-state index in [2.05, 4.69) is 16.8 Å². The van der Waals surface area contributed by atoms with Crippen LogP contribution in [0.3, 0.4) is 0 Å². The Bertz CT molecular complexity index is 622. The van der Waals surface area contributed by atoms with Crippen molar-refractivity contribution in [3.05, 3.63) is 27.0 Å². The van der Waals surface area contributed by atoms with E-state index in [1.54, 1.807) is 13.8 Å². The molecule has 1 aromatic heterocycles. The predicted octanol–water partition coefficient (Wildman–Crippen LogP) is 0.501. The Hall–Kier alpha value is -1.84. The standard InChI is InChI=1S/C15H22N4O2/c1-4-19-14(20)12(9-16)11(2)13(15(19)21)10-18-7-5-17(3)6-8-18/h21H,4-8,10H2,1-3H3. The minimum absolute atomic E-state index is 0.00192. The van der Waals surface area contributed by atoms with Gasteiger partial charge in [0, 0.05) is 44.8 Å².